The molecule has 0 saturated heterocycles. The van der Waals surface area contributed by atoms with Gasteiger partial charge in [-0.15, -0.1) is 11.3 Å². The average molecular weight is 397 g/mol. The molecule has 26 heavy (non-hydrogen) atoms. The fourth-order valence-electron chi connectivity index (χ4n) is 3.13. The van der Waals surface area contributed by atoms with Crippen LogP contribution >= 0.6 is 11.3 Å². The summed E-state index contributed by atoms with van der Waals surface area (Å²) in [6, 6.07) is 6.06. The predicted molar refractivity (Wildman–Crippen MR) is 100 cm³/mol. The van der Waals surface area contributed by atoms with Gasteiger partial charge in [-0.1, -0.05) is 24.2 Å². The summed E-state index contributed by atoms with van der Waals surface area (Å²) in [5.74, 6) is -0.201. The van der Waals surface area contributed by atoms with Crippen LogP contribution in [0, 0.1) is 11.7 Å². The van der Waals surface area contributed by atoms with Gasteiger partial charge in [-0.25, -0.2) is 17.1 Å². The summed E-state index contributed by atoms with van der Waals surface area (Å²) in [5, 5.41) is 14.3. The minimum absolute atomic E-state index is 0.109. The highest BCUT2D eigenvalue weighted by Crippen LogP contribution is 2.36. The Balaban J connectivity index is 1.81. The first-order valence-electron chi connectivity index (χ1n) is 8.38. The van der Waals surface area contributed by atoms with Crippen LogP contribution in [-0.2, 0) is 22.9 Å². The van der Waals surface area contributed by atoms with Crippen molar-refractivity contribution in [2.45, 2.75) is 31.1 Å². The molecular weight excluding hydrogens is 375 g/mol. The topological polar surface area (TPSA) is 70.0 Å². The zero-order chi connectivity index (χ0) is 18.9. The lowest BCUT2D eigenvalue weighted by molar-refractivity contribution is 0.314. The maximum atomic E-state index is 13.0. The van der Waals surface area contributed by atoms with Gasteiger partial charge in [-0.2, -0.15) is 0 Å². The smallest absolute Gasteiger partial charge is 0.243 e. The fraction of sp³-hybridized carbons (Fsp3) is 0.389. The summed E-state index contributed by atoms with van der Waals surface area (Å²) in [4.78, 5) is 1.06. The number of hydrogen-bond donors (Lipinski definition) is 1. The van der Waals surface area contributed by atoms with Crippen molar-refractivity contribution in [2.24, 2.45) is 11.1 Å². The normalized spacial score (nSPS) is 19.1. The van der Waals surface area contributed by atoms with Gasteiger partial charge in [0.25, 0.3) is 0 Å². The summed E-state index contributed by atoms with van der Waals surface area (Å²) in [7, 11) is -2.08. The average Bonchev–Trinajstić information content (AvgIpc) is 3.05. The van der Waals surface area contributed by atoms with E-state index in [0.29, 0.717) is 30.0 Å². The number of nitrogens with zero attached hydrogens (tertiary/aromatic N) is 2. The molecule has 0 saturated carbocycles. The zero-order valence-corrected chi connectivity index (χ0v) is 16.3. The van der Waals surface area contributed by atoms with Crippen LogP contribution in [0.2, 0.25) is 0 Å². The van der Waals surface area contributed by atoms with E-state index in [0.717, 1.165) is 22.4 Å². The van der Waals surface area contributed by atoms with Crippen molar-refractivity contribution in [2.75, 3.05) is 13.6 Å². The maximum Gasteiger partial charge on any atom is 0.243 e. The molecule has 8 heteroatoms. The second-order valence-corrected chi connectivity index (χ2v) is 9.43. The Bertz CT molecular complexity index is 920. The van der Waals surface area contributed by atoms with Gasteiger partial charge >= 0.3 is 0 Å². The van der Waals surface area contributed by atoms with Crippen molar-refractivity contribution in [1.82, 2.24) is 4.31 Å². The van der Waals surface area contributed by atoms with Crippen LogP contribution in [0.25, 0.3) is 0 Å². The number of benzene rings is 1. The molecule has 0 fully saturated rings. The highest BCUT2D eigenvalue weighted by molar-refractivity contribution is 7.89. The summed E-state index contributed by atoms with van der Waals surface area (Å²) in [6.45, 7) is 2.27. The Kier molecular flexibility index (Phi) is 5.45. The molecule has 1 N–H and O–H groups in total. The molecule has 0 bridgehead atoms. The molecule has 1 unspecified atom stereocenters. The molecule has 2 aromatic rings. The molecule has 1 aromatic heterocycles. The van der Waals surface area contributed by atoms with Gasteiger partial charge in [0.1, 0.15) is 5.82 Å². The molecule has 5 nitrogen and oxygen atoms in total. The Labute approximate surface area is 156 Å². The van der Waals surface area contributed by atoms with Crippen molar-refractivity contribution in [3.63, 3.8) is 0 Å². The maximum absolute atomic E-state index is 13.0. The molecule has 1 aliphatic carbocycles. The molecule has 140 valence electrons. The van der Waals surface area contributed by atoms with E-state index in [1.807, 2.05) is 6.92 Å². The SMILES string of the molecule is CC1CCc2c(S(=O)(=O)N(C)CCc3ccc(F)cc3)csc2/C1=N\O. The van der Waals surface area contributed by atoms with E-state index in [9.17, 15) is 18.0 Å². The van der Waals surface area contributed by atoms with Crippen molar-refractivity contribution in [3.8, 4) is 0 Å². The number of sulfonamides is 1. The van der Waals surface area contributed by atoms with Gasteiger partial charge < -0.3 is 5.21 Å². The second kappa shape index (κ2) is 7.46. The van der Waals surface area contributed by atoms with Crippen molar-refractivity contribution < 1.29 is 18.0 Å². The molecule has 3 rings (SSSR count). The second-order valence-electron chi connectivity index (χ2n) is 6.54. The van der Waals surface area contributed by atoms with Crippen LogP contribution in [0.4, 0.5) is 4.39 Å². The molecule has 1 heterocycles. The first-order chi connectivity index (χ1) is 12.3. The van der Waals surface area contributed by atoms with Gasteiger partial charge in [0.05, 0.1) is 15.5 Å². The molecule has 0 radical (unpaired) electrons. The first-order valence-corrected chi connectivity index (χ1v) is 10.7. The quantitative estimate of drug-likeness (QED) is 0.621. The number of oxime groups is 1. The number of hydrogen-bond acceptors (Lipinski definition) is 5. The van der Waals surface area contributed by atoms with Crippen molar-refractivity contribution in [3.05, 3.63) is 51.5 Å². The van der Waals surface area contributed by atoms with E-state index in [4.69, 9.17) is 0 Å². The van der Waals surface area contributed by atoms with Crippen LogP contribution in [0.1, 0.15) is 29.3 Å². The van der Waals surface area contributed by atoms with E-state index in [-0.39, 0.29) is 11.7 Å². The fourth-order valence-corrected chi connectivity index (χ4v) is 6.09. The van der Waals surface area contributed by atoms with Crippen molar-refractivity contribution in [1.29, 1.82) is 0 Å². The number of halogens is 1. The van der Waals surface area contributed by atoms with Crippen LogP contribution in [0.5, 0.6) is 0 Å². The molecular formula is C18H21FN2O3S2. The van der Waals surface area contributed by atoms with E-state index >= 15 is 0 Å². The third kappa shape index (κ3) is 3.54. The molecule has 0 amide bonds. The molecule has 1 aromatic carbocycles. The number of likely N-dealkylation sites (N-methyl/N-ethyl adjacent to an activating group) is 1. The summed E-state index contributed by atoms with van der Waals surface area (Å²) < 4.78 is 40.3. The van der Waals surface area contributed by atoms with E-state index in [1.54, 1.807) is 24.6 Å². The van der Waals surface area contributed by atoms with E-state index < -0.39 is 10.0 Å². The third-order valence-electron chi connectivity index (χ3n) is 4.81. The standard InChI is InChI=1S/C18H21FN2O3S2/c1-12-3-8-15-16(11-25-18(15)17(12)20-22)26(23,24)21(2)10-9-13-4-6-14(19)7-5-13/h4-7,11-12,22H,3,8-10H2,1-2H3/b20-17-. The lowest BCUT2D eigenvalue weighted by Crippen LogP contribution is -2.30. The van der Waals surface area contributed by atoms with Gasteiger partial charge in [0, 0.05) is 24.9 Å². The molecule has 1 aliphatic rings. The number of thiophene rings is 1. The summed E-state index contributed by atoms with van der Waals surface area (Å²) in [5.41, 5.74) is 2.19. The Morgan fingerprint density at radius 2 is 2.04 bits per heavy atom. The predicted octanol–water partition coefficient (Wildman–Crippen LogP) is 3.51. The van der Waals surface area contributed by atoms with Gasteiger partial charge in [-0.3, -0.25) is 0 Å². The minimum Gasteiger partial charge on any atom is -0.411 e. The van der Waals surface area contributed by atoms with Gasteiger partial charge in [0.2, 0.25) is 10.0 Å². The zero-order valence-electron chi connectivity index (χ0n) is 14.6. The monoisotopic (exact) mass is 396 g/mol. The van der Waals surface area contributed by atoms with Gasteiger partial charge in [-0.05, 0) is 42.5 Å². The Morgan fingerprint density at radius 3 is 2.69 bits per heavy atom. The highest BCUT2D eigenvalue weighted by Gasteiger charge is 2.32. The third-order valence-corrected chi connectivity index (χ3v) is 7.92. The van der Waals surface area contributed by atoms with E-state index in [2.05, 4.69) is 5.16 Å². The largest absolute Gasteiger partial charge is 0.411 e. The lowest BCUT2D eigenvalue weighted by atomic mass is 9.89. The number of fused-ring (bicyclic) bond motifs is 1. The minimum atomic E-state index is -3.63. The van der Waals surface area contributed by atoms with Gasteiger partial charge in [0.15, 0.2) is 0 Å². The first kappa shape index (κ1) is 19.0. The van der Waals surface area contributed by atoms with Crippen LogP contribution < -0.4 is 0 Å². The Hall–Kier alpha value is -1.77. The molecule has 0 spiro atoms. The van der Waals surface area contributed by atoms with Crippen LogP contribution in [0.15, 0.2) is 39.7 Å². The van der Waals surface area contributed by atoms with Crippen LogP contribution in [0.3, 0.4) is 0 Å². The summed E-state index contributed by atoms with van der Waals surface area (Å²) in [6.07, 6.45) is 1.91. The van der Waals surface area contributed by atoms with Crippen molar-refractivity contribution >= 4 is 27.1 Å². The van der Waals surface area contributed by atoms with Crippen LogP contribution in [-0.4, -0.2) is 37.2 Å². The lowest BCUT2D eigenvalue weighted by Gasteiger charge is -2.22. The summed E-state index contributed by atoms with van der Waals surface area (Å²) >= 11 is 1.31. The molecule has 0 aliphatic heterocycles. The molecule has 1 atom stereocenters. The van der Waals surface area contributed by atoms with E-state index in [1.165, 1.54) is 27.8 Å². The highest BCUT2D eigenvalue weighted by atomic mass is 32.2. The Morgan fingerprint density at radius 1 is 1.35 bits per heavy atom. The number of rotatable bonds is 5.